The summed E-state index contributed by atoms with van der Waals surface area (Å²) in [5.74, 6) is 0. The Kier molecular flexibility index (Phi) is 3.30. The van der Waals surface area contributed by atoms with E-state index >= 15 is 0 Å². The zero-order valence-electron chi connectivity index (χ0n) is 7.38. The number of hydrogen-bond acceptors (Lipinski definition) is 3. The number of rotatable bonds is 1. The van der Waals surface area contributed by atoms with Gasteiger partial charge in [-0.05, 0) is 26.9 Å². The van der Waals surface area contributed by atoms with Crippen molar-refractivity contribution in [3.8, 4) is 0 Å². The Hall–Kier alpha value is -0.120. The standard InChI is InChI=1S/C8H18N2O/c1-9-7-3-4-8(11)6-10(2)5-7/h7-9,11H,3-6H2,1-2H3/t7-,8?/m0/s1. The quantitative estimate of drug-likeness (QED) is 0.548. The zero-order valence-corrected chi connectivity index (χ0v) is 7.38. The SMILES string of the molecule is CN[C@H]1CCC(O)CN(C)C1. The number of aliphatic hydroxyl groups is 1. The van der Waals surface area contributed by atoms with Crippen LogP contribution in [0.3, 0.4) is 0 Å². The van der Waals surface area contributed by atoms with Crippen molar-refractivity contribution in [2.75, 3.05) is 27.2 Å². The van der Waals surface area contributed by atoms with Crippen LogP contribution in [0.15, 0.2) is 0 Å². The van der Waals surface area contributed by atoms with Gasteiger partial charge in [0.15, 0.2) is 0 Å². The van der Waals surface area contributed by atoms with Crippen molar-refractivity contribution in [2.45, 2.75) is 25.0 Å². The van der Waals surface area contributed by atoms with E-state index in [1.54, 1.807) is 0 Å². The molecule has 1 aliphatic rings. The van der Waals surface area contributed by atoms with Gasteiger partial charge in [-0.25, -0.2) is 0 Å². The molecule has 0 aliphatic carbocycles. The van der Waals surface area contributed by atoms with Crippen molar-refractivity contribution < 1.29 is 5.11 Å². The number of likely N-dealkylation sites (N-methyl/N-ethyl adjacent to an activating group) is 2. The first-order valence-electron chi connectivity index (χ1n) is 4.26. The summed E-state index contributed by atoms with van der Waals surface area (Å²) in [7, 11) is 4.04. The highest BCUT2D eigenvalue weighted by molar-refractivity contribution is 4.76. The largest absolute Gasteiger partial charge is 0.392 e. The second-order valence-electron chi connectivity index (χ2n) is 3.44. The van der Waals surface area contributed by atoms with E-state index in [0.29, 0.717) is 6.04 Å². The lowest BCUT2D eigenvalue weighted by Gasteiger charge is -2.19. The molecule has 1 aliphatic heterocycles. The van der Waals surface area contributed by atoms with Gasteiger partial charge in [0, 0.05) is 19.1 Å². The van der Waals surface area contributed by atoms with Crippen LogP contribution in [0.1, 0.15) is 12.8 Å². The molecule has 3 nitrogen and oxygen atoms in total. The zero-order chi connectivity index (χ0) is 8.27. The second kappa shape index (κ2) is 4.04. The number of hydrogen-bond donors (Lipinski definition) is 2. The van der Waals surface area contributed by atoms with E-state index in [0.717, 1.165) is 25.9 Å². The van der Waals surface area contributed by atoms with Crippen LogP contribution in [0.5, 0.6) is 0 Å². The third kappa shape index (κ3) is 2.77. The van der Waals surface area contributed by atoms with Gasteiger partial charge in [0.1, 0.15) is 0 Å². The van der Waals surface area contributed by atoms with Crippen molar-refractivity contribution in [1.82, 2.24) is 10.2 Å². The highest BCUT2D eigenvalue weighted by atomic mass is 16.3. The summed E-state index contributed by atoms with van der Waals surface area (Å²) in [6, 6.07) is 0.553. The molecule has 1 rings (SSSR count). The minimum Gasteiger partial charge on any atom is -0.392 e. The van der Waals surface area contributed by atoms with Crippen LogP contribution in [0.25, 0.3) is 0 Å². The van der Waals surface area contributed by atoms with Gasteiger partial charge in [-0.15, -0.1) is 0 Å². The smallest absolute Gasteiger partial charge is 0.0667 e. The van der Waals surface area contributed by atoms with Crippen LogP contribution in [-0.4, -0.2) is 49.3 Å². The summed E-state index contributed by atoms with van der Waals surface area (Å²) in [5, 5.41) is 12.6. The highest BCUT2D eigenvalue weighted by Crippen LogP contribution is 2.09. The second-order valence-corrected chi connectivity index (χ2v) is 3.44. The van der Waals surface area contributed by atoms with Crippen LogP contribution >= 0.6 is 0 Å². The first kappa shape index (κ1) is 8.97. The molecule has 0 spiro atoms. The molecular formula is C8H18N2O. The predicted molar refractivity (Wildman–Crippen MR) is 45.6 cm³/mol. The lowest BCUT2D eigenvalue weighted by atomic mass is 10.1. The molecule has 1 unspecified atom stereocenters. The Bertz CT molecular complexity index is 119. The average Bonchev–Trinajstić information content (AvgIpc) is 2.11. The van der Waals surface area contributed by atoms with Crippen LogP contribution < -0.4 is 5.32 Å². The van der Waals surface area contributed by atoms with Crippen LogP contribution in [0.4, 0.5) is 0 Å². The number of nitrogens with one attached hydrogen (secondary N) is 1. The van der Waals surface area contributed by atoms with Crippen molar-refractivity contribution >= 4 is 0 Å². The molecule has 0 saturated carbocycles. The fourth-order valence-electron chi connectivity index (χ4n) is 1.62. The lowest BCUT2D eigenvalue weighted by Crippen LogP contribution is -2.36. The Morgan fingerprint density at radius 3 is 2.73 bits per heavy atom. The molecule has 3 heteroatoms. The molecule has 66 valence electrons. The van der Waals surface area contributed by atoms with Crippen molar-refractivity contribution in [3.63, 3.8) is 0 Å². The van der Waals surface area contributed by atoms with Gasteiger partial charge in [0.2, 0.25) is 0 Å². The molecule has 0 aromatic carbocycles. The van der Waals surface area contributed by atoms with E-state index in [-0.39, 0.29) is 6.10 Å². The lowest BCUT2D eigenvalue weighted by molar-refractivity contribution is 0.132. The summed E-state index contributed by atoms with van der Waals surface area (Å²) in [4.78, 5) is 2.18. The first-order valence-corrected chi connectivity index (χ1v) is 4.26. The van der Waals surface area contributed by atoms with Crippen molar-refractivity contribution in [1.29, 1.82) is 0 Å². The maximum absolute atomic E-state index is 9.40. The van der Waals surface area contributed by atoms with Crippen LogP contribution in [-0.2, 0) is 0 Å². The Balaban J connectivity index is 2.39. The van der Waals surface area contributed by atoms with E-state index in [1.807, 2.05) is 7.05 Å². The minimum atomic E-state index is -0.127. The molecule has 0 radical (unpaired) electrons. The summed E-state index contributed by atoms with van der Waals surface area (Å²) >= 11 is 0. The maximum Gasteiger partial charge on any atom is 0.0667 e. The third-order valence-corrected chi connectivity index (χ3v) is 2.31. The van der Waals surface area contributed by atoms with Gasteiger partial charge >= 0.3 is 0 Å². The summed E-state index contributed by atoms with van der Waals surface area (Å²) in [6.07, 6.45) is 1.89. The van der Waals surface area contributed by atoms with Gasteiger partial charge in [-0.3, -0.25) is 0 Å². The summed E-state index contributed by atoms with van der Waals surface area (Å²) < 4.78 is 0. The Morgan fingerprint density at radius 1 is 1.36 bits per heavy atom. The third-order valence-electron chi connectivity index (χ3n) is 2.31. The molecule has 2 atom stereocenters. The number of likely N-dealkylation sites (tertiary alicyclic amines) is 1. The van der Waals surface area contributed by atoms with Crippen LogP contribution in [0, 0.1) is 0 Å². The number of aliphatic hydroxyl groups excluding tert-OH is 1. The first-order chi connectivity index (χ1) is 5.22. The highest BCUT2D eigenvalue weighted by Gasteiger charge is 2.18. The van der Waals surface area contributed by atoms with E-state index in [1.165, 1.54) is 0 Å². The Morgan fingerprint density at radius 2 is 2.09 bits per heavy atom. The van der Waals surface area contributed by atoms with Crippen molar-refractivity contribution in [3.05, 3.63) is 0 Å². The van der Waals surface area contributed by atoms with Gasteiger partial charge < -0.3 is 15.3 Å². The van der Waals surface area contributed by atoms with E-state index < -0.39 is 0 Å². The van der Waals surface area contributed by atoms with Crippen LogP contribution in [0.2, 0.25) is 0 Å². The number of nitrogens with zero attached hydrogens (tertiary/aromatic N) is 1. The maximum atomic E-state index is 9.40. The van der Waals surface area contributed by atoms with E-state index in [2.05, 4.69) is 17.3 Å². The van der Waals surface area contributed by atoms with E-state index in [9.17, 15) is 5.11 Å². The van der Waals surface area contributed by atoms with Gasteiger partial charge in [0.05, 0.1) is 6.10 Å². The molecule has 0 amide bonds. The fourth-order valence-corrected chi connectivity index (χ4v) is 1.62. The molecule has 0 aromatic rings. The number of β-amino-alcohol motifs (C(OH)–C–C–N with tert-alkyl or cyclic N) is 1. The fraction of sp³-hybridized carbons (Fsp3) is 1.00. The molecule has 0 bridgehead atoms. The average molecular weight is 158 g/mol. The molecule has 1 saturated heterocycles. The van der Waals surface area contributed by atoms with Gasteiger partial charge in [-0.2, -0.15) is 0 Å². The van der Waals surface area contributed by atoms with E-state index in [4.69, 9.17) is 0 Å². The normalized spacial score (nSPS) is 35.2. The summed E-state index contributed by atoms with van der Waals surface area (Å²) in [5.41, 5.74) is 0. The molecule has 1 fully saturated rings. The van der Waals surface area contributed by atoms with Crippen molar-refractivity contribution in [2.24, 2.45) is 0 Å². The van der Waals surface area contributed by atoms with Gasteiger partial charge in [0.25, 0.3) is 0 Å². The minimum absolute atomic E-state index is 0.127. The molecule has 2 N–H and O–H groups in total. The monoisotopic (exact) mass is 158 g/mol. The Labute approximate surface area is 68.4 Å². The molecular weight excluding hydrogens is 140 g/mol. The summed E-state index contributed by atoms with van der Waals surface area (Å²) in [6.45, 7) is 1.87. The van der Waals surface area contributed by atoms with Gasteiger partial charge in [-0.1, -0.05) is 0 Å². The molecule has 1 heterocycles. The predicted octanol–water partition coefficient (Wildman–Crippen LogP) is -0.339. The molecule has 0 aromatic heterocycles. The molecule has 11 heavy (non-hydrogen) atoms. The topological polar surface area (TPSA) is 35.5 Å².